The summed E-state index contributed by atoms with van der Waals surface area (Å²) in [5.74, 6) is -0.955. The summed E-state index contributed by atoms with van der Waals surface area (Å²) in [4.78, 5) is 12.8. The van der Waals surface area contributed by atoms with E-state index in [1.165, 1.54) is 12.1 Å². The van der Waals surface area contributed by atoms with Crippen LogP contribution in [-0.2, 0) is 0 Å². The van der Waals surface area contributed by atoms with Crippen LogP contribution in [0.2, 0.25) is 0 Å². The maximum absolute atomic E-state index is 14.2. The van der Waals surface area contributed by atoms with E-state index in [4.69, 9.17) is 5.11 Å². The number of carboxylic acid groups (broad SMARTS) is 1. The summed E-state index contributed by atoms with van der Waals surface area (Å²) < 4.78 is 14.2. The number of rotatable bonds is 3. The first-order valence-electron chi connectivity index (χ1n) is 5.74. The molecule has 1 saturated heterocycles. The molecule has 1 heterocycles. The van der Waals surface area contributed by atoms with Crippen LogP contribution in [0.5, 0.6) is 0 Å². The number of hydrogen-bond acceptors (Lipinski definition) is 2. The third-order valence-electron chi connectivity index (χ3n) is 3.32. The van der Waals surface area contributed by atoms with Crippen LogP contribution in [0.15, 0.2) is 24.3 Å². The number of halogens is 1. The minimum Gasteiger partial charge on any atom is -0.478 e. The topological polar surface area (TPSA) is 40.5 Å². The molecular weight excluding hydrogens is 221 g/mol. The van der Waals surface area contributed by atoms with Gasteiger partial charge in [0.2, 0.25) is 0 Å². The van der Waals surface area contributed by atoms with Gasteiger partial charge in [0.05, 0.1) is 5.56 Å². The highest BCUT2D eigenvalue weighted by Gasteiger charge is 2.28. The van der Waals surface area contributed by atoms with Gasteiger partial charge in [-0.15, -0.1) is 0 Å². The van der Waals surface area contributed by atoms with Crippen LogP contribution in [-0.4, -0.2) is 36.1 Å². The van der Waals surface area contributed by atoms with E-state index in [1.54, 1.807) is 12.1 Å². The van der Waals surface area contributed by atoms with Crippen molar-refractivity contribution < 1.29 is 14.3 Å². The number of carbonyl (C=O) groups is 1. The average molecular weight is 237 g/mol. The molecule has 0 radical (unpaired) electrons. The SMILES string of the molecule is CN1CCC(C(F)c2ccc(C(=O)O)cc2)C1. The Labute approximate surface area is 99.9 Å². The van der Waals surface area contributed by atoms with Gasteiger partial charge in [0.25, 0.3) is 0 Å². The fourth-order valence-corrected chi connectivity index (χ4v) is 2.29. The van der Waals surface area contributed by atoms with Crippen molar-refractivity contribution in [2.24, 2.45) is 5.92 Å². The largest absolute Gasteiger partial charge is 0.478 e. The van der Waals surface area contributed by atoms with Gasteiger partial charge in [-0.1, -0.05) is 12.1 Å². The average Bonchev–Trinajstić information content (AvgIpc) is 2.75. The lowest BCUT2D eigenvalue weighted by Gasteiger charge is -2.16. The minimum atomic E-state index is -0.997. The molecule has 0 amide bonds. The van der Waals surface area contributed by atoms with Crippen molar-refractivity contribution in [3.63, 3.8) is 0 Å². The number of benzene rings is 1. The third kappa shape index (κ3) is 2.64. The summed E-state index contributed by atoms with van der Waals surface area (Å²) in [7, 11) is 1.99. The maximum atomic E-state index is 14.2. The van der Waals surface area contributed by atoms with Crippen molar-refractivity contribution in [1.82, 2.24) is 4.90 Å². The number of carboxylic acids is 1. The Morgan fingerprint density at radius 1 is 1.47 bits per heavy atom. The van der Waals surface area contributed by atoms with Crippen molar-refractivity contribution in [1.29, 1.82) is 0 Å². The third-order valence-corrected chi connectivity index (χ3v) is 3.32. The summed E-state index contributed by atoms with van der Waals surface area (Å²) in [6.07, 6.45) is -0.138. The zero-order chi connectivity index (χ0) is 12.4. The predicted molar refractivity (Wildman–Crippen MR) is 62.9 cm³/mol. The van der Waals surface area contributed by atoms with Crippen LogP contribution in [0.25, 0.3) is 0 Å². The van der Waals surface area contributed by atoms with E-state index in [9.17, 15) is 9.18 Å². The van der Waals surface area contributed by atoms with Crippen molar-refractivity contribution in [2.45, 2.75) is 12.6 Å². The van der Waals surface area contributed by atoms with Gasteiger partial charge in [-0.3, -0.25) is 0 Å². The highest BCUT2D eigenvalue weighted by molar-refractivity contribution is 5.87. The van der Waals surface area contributed by atoms with Crippen LogP contribution in [0, 0.1) is 5.92 Å². The van der Waals surface area contributed by atoms with Gasteiger partial charge < -0.3 is 10.0 Å². The Hall–Kier alpha value is -1.42. The van der Waals surface area contributed by atoms with Crippen LogP contribution in [0.1, 0.15) is 28.5 Å². The summed E-state index contributed by atoms with van der Waals surface area (Å²) in [6, 6.07) is 6.07. The quantitative estimate of drug-likeness (QED) is 0.877. The lowest BCUT2D eigenvalue weighted by atomic mass is 9.96. The molecule has 92 valence electrons. The molecule has 1 aliphatic heterocycles. The first-order valence-corrected chi connectivity index (χ1v) is 5.74. The molecule has 1 aliphatic rings. The van der Waals surface area contributed by atoms with E-state index >= 15 is 0 Å². The first-order chi connectivity index (χ1) is 8.08. The van der Waals surface area contributed by atoms with Gasteiger partial charge in [-0.25, -0.2) is 9.18 Å². The molecule has 1 aromatic carbocycles. The fourth-order valence-electron chi connectivity index (χ4n) is 2.29. The standard InChI is InChI=1S/C13H16FNO2/c1-15-7-6-11(8-15)12(14)9-2-4-10(5-3-9)13(16)17/h2-5,11-12H,6-8H2,1H3,(H,16,17). The number of likely N-dealkylation sites (tertiary alicyclic amines) is 1. The highest BCUT2D eigenvalue weighted by Crippen LogP contribution is 2.32. The Morgan fingerprint density at radius 3 is 2.59 bits per heavy atom. The molecule has 17 heavy (non-hydrogen) atoms. The van der Waals surface area contributed by atoms with E-state index in [-0.39, 0.29) is 11.5 Å². The molecule has 0 bridgehead atoms. The Balaban J connectivity index is 2.09. The number of hydrogen-bond donors (Lipinski definition) is 1. The zero-order valence-electron chi connectivity index (χ0n) is 9.77. The number of alkyl halides is 1. The molecule has 2 rings (SSSR count). The first kappa shape index (κ1) is 12.0. The molecule has 2 unspecified atom stereocenters. The van der Waals surface area contributed by atoms with Gasteiger partial charge in [0, 0.05) is 12.5 Å². The van der Waals surface area contributed by atoms with E-state index in [2.05, 4.69) is 4.90 Å². The Kier molecular flexibility index (Phi) is 3.43. The molecule has 0 spiro atoms. The second kappa shape index (κ2) is 4.84. The summed E-state index contributed by atoms with van der Waals surface area (Å²) in [6.45, 7) is 1.69. The van der Waals surface area contributed by atoms with Crippen molar-refractivity contribution in [2.75, 3.05) is 20.1 Å². The zero-order valence-corrected chi connectivity index (χ0v) is 9.77. The lowest BCUT2D eigenvalue weighted by Crippen LogP contribution is -2.16. The molecule has 1 aromatic rings. The molecule has 1 N–H and O–H groups in total. The smallest absolute Gasteiger partial charge is 0.335 e. The van der Waals surface area contributed by atoms with Gasteiger partial charge in [-0.2, -0.15) is 0 Å². The molecule has 0 aliphatic carbocycles. The molecule has 2 atom stereocenters. The van der Waals surface area contributed by atoms with Gasteiger partial charge in [0.15, 0.2) is 0 Å². The summed E-state index contributed by atoms with van der Waals surface area (Å²) in [5, 5.41) is 8.76. The lowest BCUT2D eigenvalue weighted by molar-refractivity contribution is 0.0697. The van der Waals surface area contributed by atoms with E-state index < -0.39 is 12.1 Å². The predicted octanol–water partition coefficient (Wildman–Crippen LogP) is 2.35. The van der Waals surface area contributed by atoms with Crippen molar-refractivity contribution in [3.05, 3.63) is 35.4 Å². The van der Waals surface area contributed by atoms with E-state index in [1.807, 2.05) is 7.05 Å². The molecule has 0 aromatic heterocycles. The fraction of sp³-hybridized carbons (Fsp3) is 0.462. The number of nitrogens with zero attached hydrogens (tertiary/aromatic N) is 1. The molecule has 1 fully saturated rings. The molecular formula is C13H16FNO2. The second-order valence-electron chi connectivity index (χ2n) is 4.64. The molecule has 3 nitrogen and oxygen atoms in total. The van der Waals surface area contributed by atoms with Crippen molar-refractivity contribution in [3.8, 4) is 0 Å². The Morgan fingerprint density at radius 2 is 2.12 bits per heavy atom. The van der Waals surface area contributed by atoms with E-state index in [0.29, 0.717) is 5.56 Å². The number of aromatic carboxylic acids is 1. The van der Waals surface area contributed by atoms with Gasteiger partial charge in [0.1, 0.15) is 6.17 Å². The van der Waals surface area contributed by atoms with Crippen LogP contribution in [0.4, 0.5) is 4.39 Å². The summed E-state index contributed by atoms with van der Waals surface area (Å²) >= 11 is 0. The summed E-state index contributed by atoms with van der Waals surface area (Å²) in [5.41, 5.74) is 0.778. The monoisotopic (exact) mass is 237 g/mol. The Bertz CT molecular complexity index is 404. The normalized spacial score (nSPS) is 22.6. The maximum Gasteiger partial charge on any atom is 0.335 e. The van der Waals surface area contributed by atoms with E-state index in [0.717, 1.165) is 19.5 Å². The molecule has 4 heteroatoms. The van der Waals surface area contributed by atoms with Crippen LogP contribution < -0.4 is 0 Å². The second-order valence-corrected chi connectivity index (χ2v) is 4.64. The molecule has 0 saturated carbocycles. The van der Waals surface area contributed by atoms with Gasteiger partial charge >= 0.3 is 5.97 Å². The van der Waals surface area contributed by atoms with Crippen molar-refractivity contribution >= 4 is 5.97 Å². The van der Waals surface area contributed by atoms with Gasteiger partial charge in [-0.05, 0) is 37.7 Å². The highest BCUT2D eigenvalue weighted by atomic mass is 19.1. The minimum absolute atomic E-state index is 0.0238. The van der Waals surface area contributed by atoms with Crippen LogP contribution >= 0.6 is 0 Å². The van der Waals surface area contributed by atoms with Crippen LogP contribution in [0.3, 0.4) is 0 Å².